The summed E-state index contributed by atoms with van der Waals surface area (Å²) in [6.07, 6.45) is 3.66. The lowest BCUT2D eigenvalue weighted by Crippen LogP contribution is -2.41. The lowest BCUT2D eigenvalue weighted by molar-refractivity contribution is -0.140. The van der Waals surface area contributed by atoms with Crippen molar-refractivity contribution < 1.29 is 9.59 Å². The number of likely N-dealkylation sites (N-methyl/N-ethyl adjacent to an activating group) is 1. The molecular weight excluding hydrogens is 130 g/mol. The molecule has 1 amide bonds. The zero-order chi connectivity index (χ0) is 7.56. The maximum absolute atomic E-state index is 10.7. The number of rotatable bonds is 2. The summed E-state index contributed by atoms with van der Waals surface area (Å²) < 4.78 is 0. The summed E-state index contributed by atoms with van der Waals surface area (Å²) in [6, 6.07) is 0.331. The Labute approximate surface area is 60.0 Å². The molecule has 0 spiro atoms. The average molecular weight is 141 g/mol. The number of nitrogens with zero attached hydrogens (tertiary/aromatic N) is 1. The van der Waals surface area contributed by atoms with Gasteiger partial charge in [0.2, 0.25) is 6.29 Å². The molecule has 0 aliphatic heterocycles. The second kappa shape index (κ2) is 2.82. The van der Waals surface area contributed by atoms with Gasteiger partial charge >= 0.3 is 0 Å². The lowest BCUT2D eigenvalue weighted by atomic mass is 9.92. The van der Waals surface area contributed by atoms with E-state index in [0.717, 1.165) is 12.8 Å². The molecule has 0 radical (unpaired) electrons. The van der Waals surface area contributed by atoms with Gasteiger partial charge in [0.15, 0.2) is 0 Å². The van der Waals surface area contributed by atoms with Crippen molar-refractivity contribution >= 4 is 12.2 Å². The zero-order valence-corrected chi connectivity index (χ0v) is 6.04. The van der Waals surface area contributed by atoms with Crippen molar-refractivity contribution in [3.05, 3.63) is 0 Å². The molecule has 0 heterocycles. The molecule has 0 aromatic carbocycles. The highest BCUT2D eigenvalue weighted by Gasteiger charge is 2.24. The molecule has 1 aliphatic carbocycles. The van der Waals surface area contributed by atoms with E-state index in [9.17, 15) is 9.59 Å². The average Bonchev–Trinajstić information content (AvgIpc) is 1.82. The summed E-state index contributed by atoms with van der Waals surface area (Å²) in [4.78, 5) is 22.2. The maximum Gasteiger partial charge on any atom is 0.286 e. The third-order valence-corrected chi connectivity index (χ3v) is 2.07. The van der Waals surface area contributed by atoms with Crippen molar-refractivity contribution in [2.45, 2.75) is 25.3 Å². The fraction of sp³-hybridized carbons (Fsp3) is 0.714. The fourth-order valence-corrected chi connectivity index (χ4v) is 1.04. The van der Waals surface area contributed by atoms with Crippen molar-refractivity contribution in [1.82, 2.24) is 4.90 Å². The van der Waals surface area contributed by atoms with Crippen molar-refractivity contribution in [3.8, 4) is 0 Å². The maximum atomic E-state index is 10.7. The standard InChI is InChI=1S/C7H11NO2/c1-8(7(10)5-9)6-3-2-4-6/h5-6H,2-4H2,1H3. The number of amides is 1. The SMILES string of the molecule is CN(C(=O)C=O)C1CCC1. The first-order valence-corrected chi connectivity index (χ1v) is 3.47. The van der Waals surface area contributed by atoms with E-state index in [2.05, 4.69) is 0 Å². The van der Waals surface area contributed by atoms with E-state index in [1.807, 2.05) is 0 Å². The Hall–Kier alpha value is -0.860. The van der Waals surface area contributed by atoms with Gasteiger partial charge in [0.05, 0.1) is 0 Å². The molecule has 1 rings (SSSR count). The second-order valence-electron chi connectivity index (χ2n) is 2.65. The second-order valence-corrected chi connectivity index (χ2v) is 2.65. The van der Waals surface area contributed by atoms with Crippen molar-refractivity contribution in [2.24, 2.45) is 0 Å². The normalized spacial score (nSPS) is 17.7. The molecular formula is C7H11NO2. The molecule has 0 saturated heterocycles. The van der Waals surface area contributed by atoms with Gasteiger partial charge < -0.3 is 4.90 Å². The predicted molar refractivity (Wildman–Crippen MR) is 36.5 cm³/mol. The Kier molecular flexibility index (Phi) is 2.04. The highest BCUT2D eigenvalue weighted by atomic mass is 16.2. The molecule has 1 fully saturated rings. The molecule has 10 heavy (non-hydrogen) atoms. The first kappa shape index (κ1) is 7.25. The van der Waals surface area contributed by atoms with Crippen LogP contribution < -0.4 is 0 Å². The summed E-state index contributed by atoms with van der Waals surface area (Å²) in [5, 5.41) is 0. The molecule has 0 aromatic heterocycles. The molecule has 1 aliphatic rings. The van der Waals surface area contributed by atoms with Crippen LogP contribution in [-0.4, -0.2) is 30.2 Å². The highest BCUT2D eigenvalue weighted by Crippen LogP contribution is 2.22. The van der Waals surface area contributed by atoms with Crippen LogP contribution in [0, 0.1) is 0 Å². The molecule has 56 valence electrons. The molecule has 3 heteroatoms. The van der Waals surface area contributed by atoms with E-state index in [4.69, 9.17) is 0 Å². The van der Waals surface area contributed by atoms with E-state index in [0.29, 0.717) is 12.3 Å². The summed E-state index contributed by atoms with van der Waals surface area (Å²) in [5.74, 6) is -0.398. The Morgan fingerprint density at radius 2 is 2.20 bits per heavy atom. The van der Waals surface area contributed by atoms with Crippen LogP contribution in [0.15, 0.2) is 0 Å². The zero-order valence-electron chi connectivity index (χ0n) is 6.04. The summed E-state index contributed by atoms with van der Waals surface area (Å²) >= 11 is 0. The Bertz CT molecular complexity index is 152. The number of hydrogen-bond donors (Lipinski definition) is 0. The van der Waals surface area contributed by atoms with Gasteiger partial charge in [-0.3, -0.25) is 9.59 Å². The first-order valence-electron chi connectivity index (χ1n) is 3.47. The predicted octanol–water partition coefficient (Wildman–Crippen LogP) is 0.196. The Morgan fingerprint density at radius 1 is 1.60 bits per heavy atom. The van der Waals surface area contributed by atoms with Crippen LogP contribution >= 0.6 is 0 Å². The van der Waals surface area contributed by atoms with Crippen molar-refractivity contribution in [1.29, 1.82) is 0 Å². The van der Waals surface area contributed by atoms with Crippen LogP contribution in [0.3, 0.4) is 0 Å². The van der Waals surface area contributed by atoms with Crippen molar-refractivity contribution in [3.63, 3.8) is 0 Å². The Balaban J connectivity index is 2.38. The third-order valence-electron chi connectivity index (χ3n) is 2.07. The largest absolute Gasteiger partial charge is 0.336 e. The van der Waals surface area contributed by atoms with E-state index in [1.165, 1.54) is 11.3 Å². The van der Waals surface area contributed by atoms with Crippen LogP contribution in [0.25, 0.3) is 0 Å². The molecule has 0 aromatic rings. The third kappa shape index (κ3) is 1.17. The van der Waals surface area contributed by atoms with Gasteiger partial charge in [-0.15, -0.1) is 0 Å². The molecule has 3 nitrogen and oxygen atoms in total. The number of carbonyl (C=O) groups excluding carboxylic acids is 2. The van der Waals surface area contributed by atoms with Gasteiger partial charge in [-0.05, 0) is 19.3 Å². The van der Waals surface area contributed by atoms with Crippen LogP contribution in [0.1, 0.15) is 19.3 Å². The quantitative estimate of drug-likeness (QED) is 0.407. The number of hydrogen-bond acceptors (Lipinski definition) is 2. The van der Waals surface area contributed by atoms with Crippen LogP contribution in [0.5, 0.6) is 0 Å². The lowest BCUT2D eigenvalue weighted by Gasteiger charge is -2.33. The molecule has 0 N–H and O–H groups in total. The minimum Gasteiger partial charge on any atom is -0.336 e. The highest BCUT2D eigenvalue weighted by molar-refractivity contribution is 6.23. The first-order chi connectivity index (χ1) is 4.75. The van der Waals surface area contributed by atoms with E-state index in [-0.39, 0.29) is 0 Å². The number of aldehydes is 1. The smallest absolute Gasteiger partial charge is 0.286 e. The molecule has 0 unspecified atom stereocenters. The fourth-order valence-electron chi connectivity index (χ4n) is 1.04. The molecule has 1 saturated carbocycles. The van der Waals surface area contributed by atoms with Gasteiger partial charge in [0.25, 0.3) is 5.91 Å². The number of carbonyl (C=O) groups is 2. The van der Waals surface area contributed by atoms with Crippen molar-refractivity contribution in [2.75, 3.05) is 7.05 Å². The monoisotopic (exact) mass is 141 g/mol. The Morgan fingerprint density at radius 3 is 2.50 bits per heavy atom. The molecule has 0 bridgehead atoms. The van der Waals surface area contributed by atoms with Gasteiger partial charge in [-0.1, -0.05) is 0 Å². The summed E-state index contributed by atoms with van der Waals surface area (Å²) in [7, 11) is 1.68. The van der Waals surface area contributed by atoms with Crippen LogP contribution in [-0.2, 0) is 9.59 Å². The minimum atomic E-state index is -0.398. The van der Waals surface area contributed by atoms with Crippen LogP contribution in [0.4, 0.5) is 0 Å². The van der Waals surface area contributed by atoms with Gasteiger partial charge in [0, 0.05) is 13.1 Å². The topological polar surface area (TPSA) is 37.4 Å². The van der Waals surface area contributed by atoms with Gasteiger partial charge in [0.1, 0.15) is 0 Å². The van der Waals surface area contributed by atoms with E-state index < -0.39 is 5.91 Å². The van der Waals surface area contributed by atoms with Gasteiger partial charge in [-0.25, -0.2) is 0 Å². The van der Waals surface area contributed by atoms with Crippen LogP contribution in [0.2, 0.25) is 0 Å². The summed E-state index contributed by atoms with van der Waals surface area (Å²) in [5.41, 5.74) is 0. The summed E-state index contributed by atoms with van der Waals surface area (Å²) in [6.45, 7) is 0. The van der Waals surface area contributed by atoms with E-state index >= 15 is 0 Å². The van der Waals surface area contributed by atoms with Gasteiger partial charge in [-0.2, -0.15) is 0 Å². The minimum absolute atomic E-state index is 0.331. The van der Waals surface area contributed by atoms with E-state index in [1.54, 1.807) is 7.05 Å². The molecule has 0 atom stereocenters.